The molecule has 7 nitrogen and oxygen atoms in total. The van der Waals surface area contributed by atoms with E-state index >= 15 is 0 Å². The van der Waals surface area contributed by atoms with Crippen LogP contribution < -0.4 is 4.72 Å². The van der Waals surface area contributed by atoms with Crippen LogP contribution in [-0.2, 0) is 19.9 Å². The van der Waals surface area contributed by atoms with Gasteiger partial charge in [-0.1, -0.05) is 0 Å². The highest BCUT2D eigenvalue weighted by molar-refractivity contribution is 7.93. The molecule has 0 aromatic carbocycles. The summed E-state index contributed by atoms with van der Waals surface area (Å²) in [6.07, 6.45) is 0.977. The third-order valence-corrected chi connectivity index (χ3v) is 4.58. The average Bonchev–Trinajstić information content (AvgIpc) is 2.09. The fraction of sp³-hybridized carbons (Fsp3) is 1.00. The molecule has 110 valence electrons. The van der Waals surface area contributed by atoms with Crippen LogP contribution in [-0.4, -0.2) is 77.4 Å². The molecule has 2 N–H and O–H groups in total. The predicted octanol–water partition coefficient (Wildman–Crippen LogP) is -1.74. The number of rotatable bonds is 8. The first-order valence-electron chi connectivity index (χ1n) is 5.35. The third kappa shape index (κ3) is 9.77. The summed E-state index contributed by atoms with van der Waals surface area (Å²) in [6.45, 7) is 1.64. The monoisotopic (exact) mass is 302 g/mol. The predicted molar refractivity (Wildman–Crippen MR) is 70.7 cm³/mol. The van der Waals surface area contributed by atoms with Crippen molar-refractivity contribution >= 4 is 19.9 Å². The zero-order chi connectivity index (χ0) is 14.6. The summed E-state index contributed by atoms with van der Waals surface area (Å²) < 4.78 is 47.0. The minimum Gasteiger partial charge on any atom is -0.387 e. The van der Waals surface area contributed by atoms with Crippen LogP contribution in [0, 0.1) is 0 Å². The minimum absolute atomic E-state index is 0.155. The molecule has 1 atom stereocenters. The highest BCUT2D eigenvalue weighted by Crippen LogP contribution is 2.03. The lowest BCUT2D eigenvalue weighted by Gasteiger charge is -2.26. The van der Waals surface area contributed by atoms with E-state index in [1.165, 1.54) is 6.92 Å². The Kier molecular flexibility index (Phi) is 6.21. The first-order valence-corrected chi connectivity index (χ1v) is 9.06. The second-order valence-corrected chi connectivity index (χ2v) is 9.19. The van der Waals surface area contributed by atoms with Gasteiger partial charge in [-0.2, -0.15) is 0 Å². The number of sulfone groups is 1. The van der Waals surface area contributed by atoms with Crippen LogP contribution in [0.4, 0.5) is 0 Å². The first-order chi connectivity index (χ1) is 7.83. The number of hydrogen-bond acceptors (Lipinski definition) is 6. The van der Waals surface area contributed by atoms with Crippen LogP contribution in [0.3, 0.4) is 0 Å². The van der Waals surface area contributed by atoms with Crippen LogP contribution >= 0.6 is 0 Å². The van der Waals surface area contributed by atoms with Crippen LogP contribution in [0.25, 0.3) is 0 Å². The van der Waals surface area contributed by atoms with Crippen molar-refractivity contribution in [3.63, 3.8) is 0 Å². The molecular weight excluding hydrogens is 280 g/mol. The number of sulfonamides is 1. The van der Waals surface area contributed by atoms with Gasteiger partial charge in [0.15, 0.2) is 0 Å². The van der Waals surface area contributed by atoms with E-state index in [1.807, 2.05) is 0 Å². The number of likely N-dealkylation sites (N-methyl/N-ethyl adjacent to an activating group) is 1. The average molecular weight is 302 g/mol. The van der Waals surface area contributed by atoms with E-state index in [0.29, 0.717) is 6.54 Å². The molecule has 0 saturated heterocycles. The number of hydrogen-bond donors (Lipinski definition) is 2. The second-order valence-electron chi connectivity index (χ2n) is 5.00. The molecule has 0 bridgehead atoms. The summed E-state index contributed by atoms with van der Waals surface area (Å²) in [5.41, 5.74) is -1.21. The lowest BCUT2D eigenvalue weighted by atomic mass is 10.1. The SMILES string of the molecule is CN(C)CC(C)(O)CNS(=O)(=O)CCS(C)(=O)=O. The first kappa shape index (κ1) is 17.8. The van der Waals surface area contributed by atoms with Crippen LogP contribution in [0.1, 0.15) is 6.92 Å². The van der Waals surface area contributed by atoms with E-state index in [0.717, 1.165) is 6.26 Å². The fourth-order valence-corrected chi connectivity index (χ4v) is 4.10. The molecule has 0 aromatic rings. The molecule has 1 unspecified atom stereocenters. The zero-order valence-corrected chi connectivity index (χ0v) is 12.8. The van der Waals surface area contributed by atoms with E-state index in [1.54, 1.807) is 19.0 Å². The van der Waals surface area contributed by atoms with E-state index in [9.17, 15) is 21.9 Å². The minimum atomic E-state index is -3.69. The fourth-order valence-electron chi connectivity index (χ4n) is 1.34. The lowest BCUT2D eigenvalue weighted by Crippen LogP contribution is -2.47. The topological polar surface area (TPSA) is 104 Å². The van der Waals surface area contributed by atoms with E-state index in [4.69, 9.17) is 0 Å². The summed E-state index contributed by atoms with van der Waals surface area (Å²) in [6, 6.07) is 0. The van der Waals surface area contributed by atoms with Crippen LogP contribution in [0.15, 0.2) is 0 Å². The summed E-state index contributed by atoms with van der Waals surface area (Å²) in [5.74, 6) is -0.929. The maximum atomic E-state index is 11.5. The van der Waals surface area contributed by atoms with Gasteiger partial charge in [0.1, 0.15) is 9.84 Å². The molecule has 0 radical (unpaired) electrons. The maximum absolute atomic E-state index is 11.5. The van der Waals surface area contributed by atoms with Crippen molar-refractivity contribution in [3.05, 3.63) is 0 Å². The van der Waals surface area contributed by atoms with Gasteiger partial charge in [0.05, 0.1) is 17.1 Å². The molecule has 0 fully saturated rings. The smallest absolute Gasteiger partial charge is 0.212 e. The molecule has 0 aliphatic carbocycles. The molecule has 0 rings (SSSR count). The van der Waals surface area contributed by atoms with Gasteiger partial charge in [0.25, 0.3) is 0 Å². The molecule has 0 saturated carbocycles. The highest BCUT2D eigenvalue weighted by Gasteiger charge is 2.24. The Morgan fingerprint density at radius 2 is 1.67 bits per heavy atom. The summed E-state index contributed by atoms with van der Waals surface area (Å²) in [5, 5.41) is 9.89. The molecule has 9 heteroatoms. The quantitative estimate of drug-likeness (QED) is 0.552. The van der Waals surface area contributed by atoms with Gasteiger partial charge in [0.2, 0.25) is 10.0 Å². The standard InChI is InChI=1S/C9H22N2O5S2/c1-9(12,8-11(2)3)7-10-18(15,16)6-5-17(4,13)14/h10,12H,5-8H2,1-4H3. The molecule has 0 aliphatic heterocycles. The van der Waals surface area contributed by atoms with E-state index in [-0.39, 0.29) is 6.54 Å². The van der Waals surface area contributed by atoms with Gasteiger partial charge in [-0.25, -0.2) is 21.6 Å². The summed E-state index contributed by atoms with van der Waals surface area (Å²) in [7, 11) is -3.50. The lowest BCUT2D eigenvalue weighted by molar-refractivity contribution is 0.0386. The van der Waals surface area contributed by atoms with Crippen molar-refractivity contribution < 1.29 is 21.9 Å². The van der Waals surface area contributed by atoms with Gasteiger partial charge in [-0.15, -0.1) is 0 Å². The van der Waals surface area contributed by atoms with Crippen molar-refractivity contribution in [1.29, 1.82) is 0 Å². The Hall–Kier alpha value is -0.220. The molecule has 0 aromatic heterocycles. The Balaban J connectivity index is 4.35. The Bertz CT molecular complexity index is 453. The Morgan fingerprint density at radius 3 is 2.06 bits per heavy atom. The van der Waals surface area contributed by atoms with Gasteiger partial charge < -0.3 is 10.0 Å². The normalized spacial score (nSPS) is 16.8. The molecule has 0 spiro atoms. The molecular formula is C9H22N2O5S2. The van der Waals surface area contributed by atoms with Crippen molar-refractivity contribution in [1.82, 2.24) is 9.62 Å². The van der Waals surface area contributed by atoms with E-state index in [2.05, 4.69) is 4.72 Å². The summed E-state index contributed by atoms with van der Waals surface area (Å²) >= 11 is 0. The van der Waals surface area contributed by atoms with Crippen molar-refractivity contribution in [2.75, 3.05) is 44.9 Å². The highest BCUT2D eigenvalue weighted by atomic mass is 32.2. The number of nitrogens with one attached hydrogen (secondary N) is 1. The number of nitrogens with zero attached hydrogens (tertiary/aromatic N) is 1. The molecule has 0 amide bonds. The van der Waals surface area contributed by atoms with Crippen molar-refractivity contribution in [2.24, 2.45) is 0 Å². The zero-order valence-electron chi connectivity index (χ0n) is 11.2. The molecule has 0 heterocycles. The largest absolute Gasteiger partial charge is 0.387 e. The molecule has 18 heavy (non-hydrogen) atoms. The third-order valence-electron chi connectivity index (χ3n) is 2.05. The second kappa shape index (κ2) is 6.29. The van der Waals surface area contributed by atoms with Gasteiger partial charge in [-0.3, -0.25) is 0 Å². The molecule has 0 aliphatic rings. The van der Waals surface area contributed by atoms with Gasteiger partial charge in [-0.05, 0) is 21.0 Å². The Labute approximate surface area is 109 Å². The van der Waals surface area contributed by atoms with Crippen LogP contribution in [0.5, 0.6) is 0 Å². The van der Waals surface area contributed by atoms with Crippen molar-refractivity contribution in [2.45, 2.75) is 12.5 Å². The number of aliphatic hydroxyl groups is 1. The van der Waals surface area contributed by atoms with Crippen molar-refractivity contribution in [3.8, 4) is 0 Å². The van der Waals surface area contributed by atoms with Crippen LogP contribution in [0.2, 0.25) is 0 Å². The maximum Gasteiger partial charge on any atom is 0.212 e. The van der Waals surface area contributed by atoms with Gasteiger partial charge in [0, 0.05) is 19.3 Å². The van der Waals surface area contributed by atoms with E-state index < -0.39 is 37.0 Å². The Morgan fingerprint density at radius 1 is 1.17 bits per heavy atom. The summed E-state index contributed by atoms with van der Waals surface area (Å²) in [4.78, 5) is 1.73. The van der Waals surface area contributed by atoms with Gasteiger partial charge >= 0.3 is 0 Å².